The van der Waals surface area contributed by atoms with Crippen molar-refractivity contribution in [2.24, 2.45) is 0 Å². The van der Waals surface area contributed by atoms with E-state index in [4.69, 9.17) is 11.6 Å². The van der Waals surface area contributed by atoms with Crippen LogP contribution in [-0.4, -0.2) is 15.0 Å². The molecule has 1 aromatic heterocycles. The summed E-state index contributed by atoms with van der Waals surface area (Å²) in [6.07, 6.45) is 2.54. The minimum absolute atomic E-state index is 0.00755. The van der Waals surface area contributed by atoms with Crippen LogP contribution in [-0.2, 0) is 6.54 Å². The standard InChI is InChI=1S/C10H10ClFN2O/c1-3-5-14-6-7(10(11)15)9(13-14)8(12)4-2/h3-4,6,8H,1-2,5H2. The second-order valence-electron chi connectivity index (χ2n) is 2.85. The van der Waals surface area contributed by atoms with E-state index in [9.17, 15) is 9.18 Å². The summed E-state index contributed by atoms with van der Waals surface area (Å²) in [4.78, 5) is 11.0. The van der Waals surface area contributed by atoms with E-state index in [1.807, 2.05) is 0 Å². The van der Waals surface area contributed by atoms with Crippen LogP contribution in [0, 0.1) is 0 Å². The third-order valence-corrected chi connectivity index (χ3v) is 1.99. The molecule has 0 aromatic carbocycles. The fourth-order valence-electron chi connectivity index (χ4n) is 1.13. The topological polar surface area (TPSA) is 34.9 Å². The van der Waals surface area contributed by atoms with Crippen LogP contribution < -0.4 is 0 Å². The number of nitrogens with zero attached hydrogens (tertiary/aromatic N) is 2. The van der Waals surface area contributed by atoms with Gasteiger partial charge in [0.2, 0.25) is 0 Å². The Bertz CT molecular complexity index is 400. The van der Waals surface area contributed by atoms with E-state index in [2.05, 4.69) is 18.3 Å². The van der Waals surface area contributed by atoms with Crippen LogP contribution in [0.1, 0.15) is 22.2 Å². The highest BCUT2D eigenvalue weighted by Gasteiger charge is 2.20. The summed E-state index contributed by atoms with van der Waals surface area (Å²) in [6.45, 7) is 7.20. The molecule has 1 rings (SSSR count). The summed E-state index contributed by atoms with van der Waals surface area (Å²) < 4.78 is 14.7. The molecule has 0 fully saturated rings. The lowest BCUT2D eigenvalue weighted by Gasteiger charge is -1.98. The smallest absolute Gasteiger partial charge is 0.255 e. The van der Waals surface area contributed by atoms with Crippen LogP contribution in [0.15, 0.2) is 31.5 Å². The molecule has 1 unspecified atom stereocenters. The first-order valence-corrected chi connectivity index (χ1v) is 4.62. The van der Waals surface area contributed by atoms with Gasteiger partial charge in [0, 0.05) is 6.20 Å². The van der Waals surface area contributed by atoms with Gasteiger partial charge in [0.05, 0.1) is 12.1 Å². The van der Waals surface area contributed by atoms with Crippen molar-refractivity contribution in [3.8, 4) is 0 Å². The third kappa shape index (κ3) is 2.53. The molecular formula is C10H10ClFN2O. The molecule has 1 heterocycles. The molecule has 15 heavy (non-hydrogen) atoms. The average Bonchev–Trinajstić information content (AvgIpc) is 2.61. The maximum Gasteiger partial charge on any atom is 0.255 e. The highest BCUT2D eigenvalue weighted by atomic mass is 35.5. The van der Waals surface area contributed by atoms with E-state index < -0.39 is 11.4 Å². The number of hydrogen-bond donors (Lipinski definition) is 0. The molecule has 0 N–H and O–H groups in total. The fraction of sp³-hybridized carbons (Fsp3) is 0.200. The van der Waals surface area contributed by atoms with Crippen LogP contribution in [0.25, 0.3) is 0 Å². The Hall–Kier alpha value is -1.42. The fourth-order valence-corrected chi connectivity index (χ4v) is 1.27. The van der Waals surface area contributed by atoms with Crippen LogP contribution in [0.3, 0.4) is 0 Å². The molecule has 0 aliphatic heterocycles. The van der Waals surface area contributed by atoms with E-state index in [1.54, 1.807) is 6.08 Å². The second kappa shape index (κ2) is 4.89. The lowest BCUT2D eigenvalue weighted by Crippen LogP contribution is -1.98. The van der Waals surface area contributed by atoms with Gasteiger partial charge in [0.15, 0.2) is 6.17 Å². The molecule has 0 saturated carbocycles. The maximum atomic E-state index is 13.3. The normalized spacial score (nSPS) is 12.1. The second-order valence-corrected chi connectivity index (χ2v) is 3.19. The molecule has 1 atom stereocenters. The first-order valence-electron chi connectivity index (χ1n) is 4.24. The van der Waals surface area contributed by atoms with Crippen molar-refractivity contribution in [1.29, 1.82) is 0 Å². The zero-order valence-electron chi connectivity index (χ0n) is 7.99. The van der Waals surface area contributed by atoms with Gasteiger partial charge in [-0.25, -0.2) is 4.39 Å². The zero-order valence-corrected chi connectivity index (χ0v) is 8.75. The first kappa shape index (κ1) is 11.7. The van der Waals surface area contributed by atoms with Crippen molar-refractivity contribution in [2.45, 2.75) is 12.7 Å². The maximum absolute atomic E-state index is 13.3. The van der Waals surface area contributed by atoms with Gasteiger partial charge in [-0.1, -0.05) is 18.7 Å². The molecule has 0 amide bonds. The summed E-state index contributed by atoms with van der Waals surface area (Å²) >= 11 is 5.30. The van der Waals surface area contributed by atoms with Crippen LogP contribution in [0.5, 0.6) is 0 Å². The van der Waals surface area contributed by atoms with Crippen molar-refractivity contribution in [1.82, 2.24) is 9.78 Å². The van der Waals surface area contributed by atoms with Gasteiger partial charge in [-0.15, -0.1) is 6.58 Å². The van der Waals surface area contributed by atoms with E-state index in [0.29, 0.717) is 6.54 Å². The molecule has 0 spiro atoms. The van der Waals surface area contributed by atoms with Crippen molar-refractivity contribution in [3.05, 3.63) is 42.8 Å². The number of aromatic nitrogens is 2. The molecule has 0 bridgehead atoms. The molecule has 0 aliphatic rings. The SMILES string of the molecule is C=CCn1cc(C(=O)Cl)c(C(F)C=C)n1. The number of allylic oxidation sites excluding steroid dienone is 2. The average molecular weight is 229 g/mol. The predicted octanol–water partition coefficient (Wildman–Crippen LogP) is 2.64. The summed E-state index contributed by atoms with van der Waals surface area (Å²) in [7, 11) is 0. The van der Waals surface area contributed by atoms with Crippen molar-refractivity contribution in [2.75, 3.05) is 0 Å². The van der Waals surface area contributed by atoms with Gasteiger partial charge in [0.25, 0.3) is 5.24 Å². The Morgan fingerprint density at radius 1 is 1.73 bits per heavy atom. The number of carbonyl (C=O) groups is 1. The largest absolute Gasteiger partial charge is 0.275 e. The molecule has 80 valence electrons. The minimum Gasteiger partial charge on any atom is -0.275 e. The van der Waals surface area contributed by atoms with Gasteiger partial charge < -0.3 is 0 Å². The quantitative estimate of drug-likeness (QED) is 0.574. The van der Waals surface area contributed by atoms with E-state index in [0.717, 1.165) is 6.08 Å². The highest BCUT2D eigenvalue weighted by Crippen LogP contribution is 2.22. The van der Waals surface area contributed by atoms with Gasteiger partial charge in [-0.05, 0) is 11.6 Å². The lowest BCUT2D eigenvalue weighted by atomic mass is 10.2. The van der Waals surface area contributed by atoms with E-state index in [1.165, 1.54) is 10.9 Å². The summed E-state index contributed by atoms with van der Waals surface area (Å²) in [5.74, 6) is 0. The monoisotopic (exact) mass is 228 g/mol. The van der Waals surface area contributed by atoms with E-state index in [-0.39, 0.29) is 11.3 Å². The number of alkyl halides is 1. The highest BCUT2D eigenvalue weighted by molar-refractivity contribution is 6.67. The summed E-state index contributed by atoms with van der Waals surface area (Å²) in [5, 5.41) is 3.15. The lowest BCUT2D eigenvalue weighted by molar-refractivity contribution is 0.107. The van der Waals surface area contributed by atoms with Crippen molar-refractivity contribution in [3.63, 3.8) is 0 Å². The summed E-state index contributed by atoms with van der Waals surface area (Å²) in [5.41, 5.74) is 0.0535. The van der Waals surface area contributed by atoms with Gasteiger partial charge in [-0.2, -0.15) is 5.10 Å². The molecule has 0 saturated heterocycles. The summed E-state index contributed by atoms with van der Waals surface area (Å²) in [6, 6.07) is 0. The van der Waals surface area contributed by atoms with Gasteiger partial charge >= 0.3 is 0 Å². The Labute approximate surface area is 91.8 Å². The molecule has 0 aliphatic carbocycles. The first-order chi connectivity index (χ1) is 7.10. The van der Waals surface area contributed by atoms with Gasteiger partial charge in [0.1, 0.15) is 5.69 Å². The van der Waals surface area contributed by atoms with Crippen LogP contribution in [0.2, 0.25) is 0 Å². The Kier molecular flexibility index (Phi) is 3.80. The Morgan fingerprint density at radius 2 is 2.40 bits per heavy atom. The third-order valence-electron chi connectivity index (χ3n) is 1.79. The Morgan fingerprint density at radius 3 is 2.87 bits per heavy atom. The molecule has 1 aromatic rings. The predicted molar refractivity (Wildman–Crippen MR) is 56.7 cm³/mol. The van der Waals surface area contributed by atoms with Crippen LogP contribution >= 0.6 is 11.6 Å². The van der Waals surface area contributed by atoms with E-state index >= 15 is 0 Å². The number of rotatable bonds is 5. The minimum atomic E-state index is -1.49. The number of carbonyl (C=O) groups excluding carboxylic acids is 1. The molecule has 5 heteroatoms. The van der Waals surface area contributed by atoms with Crippen molar-refractivity contribution < 1.29 is 9.18 Å². The number of hydrogen-bond acceptors (Lipinski definition) is 2. The molecule has 0 radical (unpaired) electrons. The van der Waals surface area contributed by atoms with Gasteiger partial charge in [-0.3, -0.25) is 9.48 Å². The molecular weight excluding hydrogens is 219 g/mol. The van der Waals surface area contributed by atoms with Crippen LogP contribution in [0.4, 0.5) is 4.39 Å². The molecule has 3 nitrogen and oxygen atoms in total. The van der Waals surface area contributed by atoms with Crippen molar-refractivity contribution >= 4 is 16.8 Å². The zero-order chi connectivity index (χ0) is 11.4. The number of halogens is 2. The Balaban J connectivity index is 3.16.